The van der Waals surface area contributed by atoms with Crippen LogP contribution in [0.5, 0.6) is 11.5 Å². The van der Waals surface area contributed by atoms with Gasteiger partial charge in [-0.25, -0.2) is 0 Å². The molecule has 0 fully saturated rings. The van der Waals surface area contributed by atoms with Crippen LogP contribution in [0.2, 0.25) is 0 Å². The summed E-state index contributed by atoms with van der Waals surface area (Å²) < 4.78 is 0. The molecular weight excluding hydrogens is 394 g/mol. The van der Waals surface area contributed by atoms with Gasteiger partial charge >= 0.3 is 0 Å². The fraction of sp³-hybridized carbons (Fsp3) is 0.207. The van der Waals surface area contributed by atoms with Gasteiger partial charge in [-0.15, -0.1) is 0 Å². The Hall–Kier alpha value is -3.59. The summed E-state index contributed by atoms with van der Waals surface area (Å²) in [5, 5.41) is 19.3. The van der Waals surface area contributed by atoms with Crippen molar-refractivity contribution >= 4 is 0 Å². The molecule has 0 aliphatic rings. The first-order chi connectivity index (χ1) is 15.5. The highest BCUT2D eigenvalue weighted by molar-refractivity contribution is 5.71. The lowest BCUT2D eigenvalue weighted by molar-refractivity contribution is 0.476. The van der Waals surface area contributed by atoms with Crippen LogP contribution in [0.4, 0.5) is 0 Å². The van der Waals surface area contributed by atoms with Gasteiger partial charge in [0.05, 0.1) is 0 Å². The van der Waals surface area contributed by atoms with E-state index in [-0.39, 0.29) is 0 Å². The normalized spacial score (nSPS) is 9.19. The minimum absolute atomic E-state index is 0.295. The summed E-state index contributed by atoms with van der Waals surface area (Å²) in [5.74, 6) is 0.630. The third kappa shape index (κ3) is 7.92. The Morgan fingerprint density at radius 3 is 1.50 bits per heavy atom. The molecule has 0 saturated heterocycles. The average Bonchev–Trinajstić information content (AvgIpc) is 2.86. The van der Waals surface area contributed by atoms with E-state index in [4.69, 9.17) is 0 Å². The van der Waals surface area contributed by atoms with Crippen LogP contribution in [0.3, 0.4) is 0 Å². The minimum Gasteiger partial charge on any atom is -0.507 e. The number of aryl methyl sites for hydroxylation is 2. The van der Waals surface area contributed by atoms with Crippen LogP contribution in [0.15, 0.2) is 91.3 Å². The van der Waals surface area contributed by atoms with Gasteiger partial charge in [-0.3, -0.25) is 4.98 Å². The maximum Gasteiger partial charge on any atom is 0.123 e. The zero-order chi connectivity index (χ0) is 23.9. The highest BCUT2D eigenvalue weighted by atomic mass is 16.3. The first-order valence-corrected chi connectivity index (χ1v) is 11.1. The fourth-order valence-corrected chi connectivity index (χ4v) is 2.90. The van der Waals surface area contributed by atoms with Crippen molar-refractivity contribution in [2.45, 2.75) is 41.5 Å². The van der Waals surface area contributed by atoms with Gasteiger partial charge in [0.2, 0.25) is 0 Å². The molecule has 0 saturated carbocycles. The minimum atomic E-state index is 0.295. The van der Waals surface area contributed by atoms with Crippen molar-refractivity contribution in [1.29, 1.82) is 0 Å². The van der Waals surface area contributed by atoms with Crippen molar-refractivity contribution in [2.24, 2.45) is 0 Å². The molecular formula is C29H35NO2. The van der Waals surface area contributed by atoms with Crippen LogP contribution < -0.4 is 0 Å². The second kappa shape index (κ2) is 14.4. The molecule has 1 heterocycles. The maximum atomic E-state index is 9.69. The lowest BCUT2D eigenvalue weighted by atomic mass is 10.0. The van der Waals surface area contributed by atoms with E-state index in [1.807, 2.05) is 108 Å². The SMILES string of the molecule is CC.CC.Cc1ccc(O)c(-c2ccccc2)c1.Cc1ccc(O)c(-c2cccnc2)c1. The van der Waals surface area contributed by atoms with Gasteiger partial charge < -0.3 is 10.2 Å². The van der Waals surface area contributed by atoms with E-state index in [1.165, 1.54) is 0 Å². The number of phenols is 2. The Morgan fingerprint density at radius 1 is 0.562 bits per heavy atom. The van der Waals surface area contributed by atoms with Crippen molar-refractivity contribution < 1.29 is 10.2 Å². The average molecular weight is 430 g/mol. The molecule has 0 spiro atoms. The Morgan fingerprint density at radius 2 is 1.03 bits per heavy atom. The largest absolute Gasteiger partial charge is 0.507 e. The highest BCUT2D eigenvalue weighted by Gasteiger charge is 2.04. The molecule has 4 aromatic rings. The molecule has 0 unspecified atom stereocenters. The number of nitrogens with zero attached hydrogens (tertiary/aromatic N) is 1. The highest BCUT2D eigenvalue weighted by Crippen LogP contribution is 2.30. The number of aromatic hydroxyl groups is 2. The van der Waals surface area contributed by atoms with Gasteiger partial charge in [-0.05, 0) is 49.7 Å². The van der Waals surface area contributed by atoms with E-state index < -0.39 is 0 Å². The van der Waals surface area contributed by atoms with Crippen LogP contribution in [-0.2, 0) is 0 Å². The van der Waals surface area contributed by atoms with Crippen molar-refractivity contribution in [3.63, 3.8) is 0 Å². The number of phenolic OH excluding ortho intramolecular Hbond substituents is 2. The van der Waals surface area contributed by atoms with E-state index in [0.29, 0.717) is 11.5 Å². The predicted octanol–water partition coefficient (Wildman–Crippen LogP) is 8.18. The van der Waals surface area contributed by atoms with Gasteiger partial charge in [0.1, 0.15) is 11.5 Å². The van der Waals surface area contributed by atoms with Crippen molar-refractivity contribution in [2.75, 3.05) is 0 Å². The summed E-state index contributed by atoms with van der Waals surface area (Å²) in [7, 11) is 0. The van der Waals surface area contributed by atoms with Gasteiger partial charge in [0, 0.05) is 29.1 Å². The monoisotopic (exact) mass is 429 g/mol. The van der Waals surface area contributed by atoms with Gasteiger partial charge in [0.15, 0.2) is 0 Å². The molecule has 0 radical (unpaired) electrons. The lowest BCUT2D eigenvalue weighted by Gasteiger charge is -2.05. The van der Waals surface area contributed by atoms with Crippen LogP contribution in [0.25, 0.3) is 22.3 Å². The Kier molecular flexibility index (Phi) is 11.9. The Labute approximate surface area is 193 Å². The van der Waals surface area contributed by atoms with Gasteiger partial charge in [0.25, 0.3) is 0 Å². The molecule has 2 N–H and O–H groups in total. The van der Waals surface area contributed by atoms with Crippen molar-refractivity contribution in [3.8, 4) is 33.8 Å². The smallest absolute Gasteiger partial charge is 0.123 e. The number of benzene rings is 3. The number of aromatic nitrogens is 1. The zero-order valence-electron chi connectivity index (χ0n) is 20.0. The summed E-state index contributed by atoms with van der Waals surface area (Å²) in [6, 6.07) is 24.9. The quantitative estimate of drug-likeness (QED) is 0.338. The summed E-state index contributed by atoms with van der Waals surface area (Å²) in [6.45, 7) is 12.0. The number of rotatable bonds is 2. The van der Waals surface area contributed by atoms with Crippen molar-refractivity contribution in [1.82, 2.24) is 4.98 Å². The van der Waals surface area contributed by atoms with Crippen LogP contribution in [0.1, 0.15) is 38.8 Å². The Bertz CT molecular complexity index is 958. The molecule has 3 heteroatoms. The van der Waals surface area contributed by atoms with E-state index in [1.54, 1.807) is 24.5 Å². The first kappa shape index (κ1) is 26.4. The van der Waals surface area contributed by atoms with E-state index in [0.717, 1.165) is 33.4 Å². The summed E-state index contributed by atoms with van der Waals surface area (Å²) in [5.41, 5.74) is 5.99. The predicted molar refractivity (Wildman–Crippen MR) is 137 cm³/mol. The van der Waals surface area contributed by atoms with Crippen LogP contribution in [-0.4, -0.2) is 15.2 Å². The third-order valence-corrected chi connectivity index (χ3v) is 4.36. The van der Waals surface area contributed by atoms with Gasteiger partial charge in [-0.2, -0.15) is 0 Å². The second-order valence-electron chi connectivity index (χ2n) is 6.65. The Balaban J connectivity index is 0.000000277. The lowest BCUT2D eigenvalue weighted by Crippen LogP contribution is -1.81. The molecule has 4 rings (SSSR count). The molecule has 0 aliphatic heterocycles. The number of pyridine rings is 1. The molecule has 1 aromatic heterocycles. The summed E-state index contributed by atoms with van der Waals surface area (Å²) in [4.78, 5) is 4.02. The van der Waals surface area contributed by atoms with E-state index >= 15 is 0 Å². The topological polar surface area (TPSA) is 53.4 Å². The molecule has 3 aromatic carbocycles. The molecule has 0 amide bonds. The number of hydrogen-bond donors (Lipinski definition) is 2. The molecule has 0 bridgehead atoms. The second-order valence-corrected chi connectivity index (χ2v) is 6.65. The zero-order valence-corrected chi connectivity index (χ0v) is 20.0. The molecule has 168 valence electrons. The van der Waals surface area contributed by atoms with E-state index in [9.17, 15) is 10.2 Å². The molecule has 0 atom stereocenters. The maximum absolute atomic E-state index is 9.69. The van der Waals surface area contributed by atoms with E-state index in [2.05, 4.69) is 4.98 Å². The van der Waals surface area contributed by atoms with Crippen LogP contribution in [0, 0.1) is 13.8 Å². The van der Waals surface area contributed by atoms with Gasteiger partial charge in [-0.1, -0.05) is 87.4 Å². The number of hydrogen-bond acceptors (Lipinski definition) is 3. The van der Waals surface area contributed by atoms with Crippen molar-refractivity contribution in [3.05, 3.63) is 102 Å². The summed E-state index contributed by atoms with van der Waals surface area (Å²) >= 11 is 0. The molecule has 32 heavy (non-hydrogen) atoms. The third-order valence-electron chi connectivity index (χ3n) is 4.36. The summed E-state index contributed by atoms with van der Waals surface area (Å²) in [6.07, 6.45) is 3.46. The van der Waals surface area contributed by atoms with Crippen LogP contribution >= 0.6 is 0 Å². The standard InChI is InChI=1S/C13H12O.C12H11NO.2C2H6/c1-10-7-8-13(14)12(9-10)11-5-3-2-4-6-11;1-9-4-5-12(14)11(7-9)10-3-2-6-13-8-10;2*1-2/h2-9,14H,1H3;2-8,14H,1H3;2*1-2H3. The fourth-order valence-electron chi connectivity index (χ4n) is 2.90. The molecule has 0 aliphatic carbocycles. The molecule has 3 nitrogen and oxygen atoms in total. The first-order valence-electron chi connectivity index (χ1n) is 11.1.